The van der Waals surface area contributed by atoms with Crippen molar-refractivity contribution in [2.24, 2.45) is 0 Å². The summed E-state index contributed by atoms with van der Waals surface area (Å²) in [7, 11) is 1.73. The van der Waals surface area contributed by atoms with E-state index in [1.54, 1.807) is 7.05 Å². The van der Waals surface area contributed by atoms with Crippen LogP contribution < -0.4 is 10.6 Å². The summed E-state index contributed by atoms with van der Waals surface area (Å²) < 4.78 is 52.3. The largest absolute Gasteiger partial charge is 0.416 e. The molecule has 134 valence electrons. The van der Waals surface area contributed by atoms with Gasteiger partial charge in [-0.1, -0.05) is 18.2 Å². The molecular formula is C18H18F4N2O. The zero-order chi connectivity index (χ0) is 18.6. The quantitative estimate of drug-likeness (QED) is 0.801. The van der Waals surface area contributed by atoms with E-state index in [4.69, 9.17) is 0 Å². The highest BCUT2D eigenvalue weighted by atomic mass is 19.4. The lowest BCUT2D eigenvalue weighted by atomic mass is 9.97. The van der Waals surface area contributed by atoms with Gasteiger partial charge in [0.15, 0.2) is 0 Å². The predicted molar refractivity (Wildman–Crippen MR) is 87.7 cm³/mol. The van der Waals surface area contributed by atoms with Gasteiger partial charge in [-0.2, -0.15) is 13.2 Å². The van der Waals surface area contributed by atoms with E-state index in [2.05, 4.69) is 10.6 Å². The highest BCUT2D eigenvalue weighted by Crippen LogP contribution is 2.33. The molecule has 0 spiro atoms. The topological polar surface area (TPSA) is 41.1 Å². The zero-order valence-electron chi connectivity index (χ0n) is 13.7. The highest BCUT2D eigenvalue weighted by molar-refractivity contribution is 6.01. The van der Waals surface area contributed by atoms with Crippen molar-refractivity contribution in [1.82, 2.24) is 10.6 Å². The maximum atomic E-state index is 13.6. The fraction of sp³-hybridized carbons (Fsp3) is 0.278. The minimum absolute atomic E-state index is 0.00508. The van der Waals surface area contributed by atoms with E-state index >= 15 is 0 Å². The smallest absolute Gasteiger partial charge is 0.350 e. The van der Waals surface area contributed by atoms with E-state index in [0.717, 1.165) is 24.3 Å². The Balaban J connectivity index is 2.41. The summed E-state index contributed by atoms with van der Waals surface area (Å²) in [6, 6.07) is 8.04. The number of likely N-dealkylation sites (N-methyl/N-ethyl adjacent to an activating group) is 1. The summed E-state index contributed by atoms with van der Waals surface area (Å²) >= 11 is 0. The molecule has 3 nitrogen and oxygen atoms in total. The number of halogens is 4. The number of carbonyl (C=O) groups excluding carboxylic acids is 1. The van der Waals surface area contributed by atoms with Gasteiger partial charge in [-0.15, -0.1) is 0 Å². The molecule has 0 aliphatic carbocycles. The standard InChI is InChI=1S/C18H18F4N2O/c1-11(23-2)10-24-17(25)16-9-14(19)6-7-15(16)12-4-3-5-13(8-12)18(20,21)22/h3-9,11,23H,10H2,1-2H3,(H,24,25). The molecule has 1 unspecified atom stereocenters. The summed E-state index contributed by atoms with van der Waals surface area (Å²) in [6.45, 7) is 2.15. The van der Waals surface area contributed by atoms with Crippen LogP contribution in [-0.4, -0.2) is 25.5 Å². The second-order valence-corrected chi connectivity index (χ2v) is 5.67. The van der Waals surface area contributed by atoms with Crippen molar-refractivity contribution in [2.75, 3.05) is 13.6 Å². The summed E-state index contributed by atoms with van der Waals surface area (Å²) in [5.74, 6) is -1.18. The highest BCUT2D eigenvalue weighted by Gasteiger charge is 2.30. The van der Waals surface area contributed by atoms with Gasteiger partial charge in [0, 0.05) is 12.6 Å². The molecule has 0 fully saturated rings. The molecule has 7 heteroatoms. The molecule has 0 aliphatic rings. The molecule has 0 bridgehead atoms. The van der Waals surface area contributed by atoms with Crippen LogP contribution in [0.1, 0.15) is 22.8 Å². The lowest BCUT2D eigenvalue weighted by molar-refractivity contribution is -0.137. The van der Waals surface area contributed by atoms with Crippen LogP contribution in [0, 0.1) is 5.82 Å². The number of hydrogen-bond donors (Lipinski definition) is 2. The van der Waals surface area contributed by atoms with Crippen molar-refractivity contribution in [2.45, 2.75) is 19.1 Å². The van der Waals surface area contributed by atoms with Crippen molar-refractivity contribution in [3.8, 4) is 11.1 Å². The van der Waals surface area contributed by atoms with Crippen LogP contribution in [0.5, 0.6) is 0 Å². The number of alkyl halides is 3. The Morgan fingerprint density at radius 3 is 2.52 bits per heavy atom. The molecule has 0 saturated heterocycles. The molecular weight excluding hydrogens is 336 g/mol. The third-order valence-electron chi connectivity index (χ3n) is 3.79. The van der Waals surface area contributed by atoms with Gasteiger partial charge >= 0.3 is 6.18 Å². The normalized spacial score (nSPS) is 12.7. The average molecular weight is 354 g/mol. The Morgan fingerprint density at radius 2 is 1.88 bits per heavy atom. The van der Waals surface area contributed by atoms with E-state index in [9.17, 15) is 22.4 Å². The summed E-state index contributed by atoms with van der Waals surface area (Å²) in [5.41, 5.74) is -0.407. The average Bonchev–Trinajstić information content (AvgIpc) is 2.58. The second-order valence-electron chi connectivity index (χ2n) is 5.67. The SMILES string of the molecule is CNC(C)CNC(=O)c1cc(F)ccc1-c1cccc(C(F)(F)F)c1. The van der Waals surface area contributed by atoms with E-state index in [1.165, 1.54) is 18.2 Å². The van der Waals surface area contributed by atoms with E-state index in [1.807, 2.05) is 6.92 Å². The predicted octanol–water partition coefficient (Wildman–Crippen LogP) is 3.85. The second kappa shape index (κ2) is 7.65. The Labute approximate surface area is 143 Å². The molecule has 0 radical (unpaired) electrons. The van der Waals surface area contributed by atoms with Crippen molar-refractivity contribution < 1.29 is 22.4 Å². The monoisotopic (exact) mass is 354 g/mol. The lowest BCUT2D eigenvalue weighted by Gasteiger charge is -2.15. The van der Waals surface area contributed by atoms with Crippen LogP contribution >= 0.6 is 0 Å². The van der Waals surface area contributed by atoms with Gasteiger partial charge in [-0.05, 0) is 49.4 Å². The molecule has 2 rings (SSSR count). The Kier molecular flexibility index (Phi) is 5.79. The van der Waals surface area contributed by atoms with Crippen LogP contribution in [-0.2, 0) is 6.18 Å². The van der Waals surface area contributed by atoms with Gasteiger partial charge in [0.2, 0.25) is 0 Å². The number of rotatable bonds is 5. The number of amides is 1. The zero-order valence-corrected chi connectivity index (χ0v) is 13.7. The van der Waals surface area contributed by atoms with Gasteiger partial charge < -0.3 is 10.6 Å². The molecule has 1 amide bonds. The number of hydrogen-bond acceptors (Lipinski definition) is 2. The van der Waals surface area contributed by atoms with E-state index in [0.29, 0.717) is 6.54 Å². The summed E-state index contributed by atoms with van der Waals surface area (Å²) in [6.07, 6.45) is -4.50. The first-order valence-corrected chi connectivity index (χ1v) is 7.65. The molecule has 2 aromatic rings. The fourth-order valence-electron chi connectivity index (χ4n) is 2.26. The van der Waals surface area contributed by atoms with Crippen molar-refractivity contribution in [3.63, 3.8) is 0 Å². The first-order valence-electron chi connectivity index (χ1n) is 7.65. The third kappa shape index (κ3) is 4.79. The van der Waals surface area contributed by atoms with Crippen molar-refractivity contribution >= 4 is 5.91 Å². The van der Waals surface area contributed by atoms with Crippen LogP contribution in [0.15, 0.2) is 42.5 Å². The van der Waals surface area contributed by atoms with E-state index < -0.39 is 23.5 Å². The Hall–Kier alpha value is -2.41. The Morgan fingerprint density at radius 1 is 1.16 bits per heavy atom. The molecule has 2 aromatic carbocycles. The maximum absolute atomic E-state index is 13.6. The molecule has 25 heavy (non-hydrogen) atoms. The minimum atomic E-state index is -4.50. The molecule has 0 aromatic heterocycles. The van der Waals surface area contributed by atoms with Gasteiger partial charge in [0.1, 0.15) is 5.82 Å². The molecule has 0 saturated carbocycles. The van der Waals surface area contributed by atoms with Crippen LogP contribution in [0.4, 0.5) is 17.6 Å². The van der Waals surface area contributed by atoms with E-state index in [-0.39, 0.29) is 22.7 Å². The Bertz CT molecular complexity index is 759. The number of nitrogens with one attached hydrogen (secondary N) is 2. The molecule has 2 N–H and O–H groups in total. The fourth-order valence-corrected chi connectivity index (χ4v) is 2.26. The first-order chi connectivity index (χ1) is 11.7. The number of carbonyl (C=O) groups is 1. The molecule has 1 atom stereocenters. The van der Waals surface area contributed by atoms with Gasteiger partial charge in [0.25, 0.3) is 5.91 Å². The summed E-state index contributed by atoms with van der Waals surface area (Å²) in [4.78, 5) is 12.4. The van der Waals surface area contributed by atoms with Gasteiger partial charge in [-0.25, -0.2) is 4.39 Å². The molecule has 0 aliphatic heterocycles. The first kappa shape index (κ1) is 18.9. The van der Waals surface area contributed by atoms with Crippen LogP contribution in [0.3, 0.4) is 0 Å². The third-order valence-corrected chi connectivity index (χ3v) is 3.79. The van der Waals surface area contributed by atoms with Crippen LogP contribution in [0.2, 0.25) is 0 Å². The lowest BCUT2D eigenvalue weighted by Crippen LogP contribution is -2.37. The van der Waals surface area contributed by atoms with Gasteiger partial charge in [0.05, 0.1) is 11.1 Å². The van der Waals surface area contributed by atoms with Crippen LogP contribution in [0.25, 0.3) is 11.1 Å². The van der Waals surface area contributed by atoms with Crippen molar-refractivity contribution in [3.05, 3.63) is 59.4 Å². The molecule has 0 heterocycles. The van der Waals surface area contributed by atoms with Gasteiger partial charge in [-0.3, -0.25) is 4.79 Å². The summed E-state index contributed by atoms with van der Waals surface area (Å²) in [5, 5.41) is 5.58. The van der Waals surface area contributed by atoms with Crippen molar-refractivity contribution in [1.29, 1.82) is 0 Å². The number of benzene rings is 2. The minimum Gasteiger partial charge on any atom is -0.350 e. The maximum Gasteiger partial charge on any atom is 0.416 e.